The lowest BCUT2D eigenvalue weighted by Crippen LogP contribution is -1.78. The summed E-state index contributed by atoms with van der Waals surface area (Å²) in [6.45, 7) is 0. The first-order valence-corrected chi connectivity index (χ1v) is 8.20. The molecule has 2 heterocycles. The van der Waals surface area contributed by atoms with E-state index in [1.807, 2.05) is 0 Å². The summed E-state index contributed by atoms with van der Waals surface area (Å²) >= 11 is 3.51. The highest BCUT2D eigenvalue weighted by Crippen LogP contribution is 2.19. The Morgan fingerprint density at radius 3 is 1.45 bits per heavy atom. The molecule has 0 bridgehead atoms. The SMILES string of the molecule is C(=C/c1ccccc1/C=C/c1cccs1)/c1cccs1. The molecule has 0 nitrogen and oxygen atoms in total. The molecule has 3 aromatic rings. The molecule has 2 aromatic heterocycles. The molecule has 0 unspecified atom stereocenters. The lowest BCUT2D eigenvalue weighted by atomic mass is 10.1. The van der Waals surface area contributed by atoms with Crippen LogP contribution in [0.3, 0.4) is 0 Å². The van der Waals surface area contributed by atoms with Crippen LogP contribution in [0.25, 0.3) is 24.3 Å². The second-order valence-corrected chi connectivity index (χ2v) is 6.28. The van der Waals surface area contributed by atoms with Gasteiger partial charge in [0.05, 0.1) is 0 Å². The van der Waals surface area contributed by atoms with Gasteiger partial charge in [0, 0.05) is 9.75 Å². The Balaban J connectivity index is 1.85. The molecule has 0 saturated carbocycles. The maximum Gasteiger partial charge on any atom is 0.0270 e. The second-order valence-electron chi connectivity index (χ2n) is 4.33. The molecular formula is C18H14S2. The second kappa shape index (κ2) is 6.51. The van der Waals surface area contributed by atoms with E-state index in [0.29, 0.717) is 0 Å². The minimum Gasteiger partial charge on any atom is -0.144 e. The zero-order chi connectivity index (χ0) is 13.6. The van der Waals surface area contributed by atoms with Crippen molar-refractivity contribution in [3.63, 3.8) is 0 Å². The van der Waals surface area contributed by atoms with Crippen LogP contribution in [-0.4, -0.2) is 0 Å². The third-order valence-electron chi connectivity index (χ3n) is 2.94. The van der Waals surface area contributed by atoms with Crippen molar-refractivity contribution in [3.05, 3.63) is 80.2 Å². The molecule has 0 N–H and O–H groups in total. The van der Waals surface area contributed by atoms with Crippen LogP contribution in [0.1, 0.15) is 20.9 Å². The summed E-state index contributed by atoms with van der Waals surface area (Å²) in [7, 11) is 0. The third kappa shape index (κ3) is 3.35. The van der Waals surface area contributed by atoms with Crippen LogP contribution < -0.4 is 0 Å². The van der Waals surface area contributed by atoms with Gasteiger partial charge in [-0.05, 0) is 46.2 Å². The van der Waals surface area contributed by atoms with Gasteiger partial charge in [-0.15, -0.1) is 22.7 Å². The van der Waals surface area contributed by atoms with E-state index in [4.69, 9.17) is 0 Å². The molecule has 1 aromatic carbocycles. The van der Waals surface area contributed by atoms with Crippen LogP contribution in [0.4, 0.5) is 0 Å². The monoisotopic (exact) mass is 294 g/mol. The summed E-state index contributed by atoms with van der Waals surface area (Å²) in [5.41, 5.74) is 2.49. The van der Waals surface area contributed by atoms with E-state index in [-0.39, 0.29) is 0 Å². The molecule has 98 valence electrons. The summed E-state index contributed by atoms with van der Waals surface area (Å²) < 4.78 is 0. The van der Waals surface area contributed by atoms with Crippen molar-refractivity contribution in [3.8, 4) is 0 Å². The normalized spacial score (nSPS) is 11.6. The van der Waals surface area contributed by atoms with Crippen molar-refractivity contribution >= 4 is 47.0 Å². The van der Waals surface area contributed by atoms with Crippen molar-refractivity contribution in [2.24, 2.45) is 0 Å². The molecule has 0 aliphatic heterocycles. The van der Waals surface area contributed by atoms with Gasteiger partial charge < -0.3 is 0 Å². The first-order chi connectivity index (χ1) is 9.92. The minimum atomic E-state index is 1.24. The molecule has 0 spiro atoms. The summed E-state index contributed by atoms with van der Waals surface area (Å²) in [5, 5.41) is 4.20. The predicted molar refractivity (Wildman–Crippen MR) is 92.9 cm³/mol. The van der Waals surface area contributed by atoms with Gasteiger partial charge in [0.15, 0.2) is 0 Å². The molecule has 0 amide bonds. The Bertz CT molecular complexity index is 638. The quantitative estimate of drug-likeness (QED) is 0.541. The zero-order valence-corrected chi connectivity index (χ0v) is 12.5. The highest BCUT2D eigenvalue weighted by Gasteiger charge is 1.95. The van der Waals surface area contributed by atoms with E-state index in [2.05, 4.69) is 83.6 Å². The van der Waals surface area contributed by atoms with E-state index in [9.17, 15) is 0 Å². The van der Waals surface area contributed by atoms with Gasteiger partial charge >= 0.3 is 0 Å². The Morgan fingerprint density at radius 1 is 0.550 bits per heavy atom. The molecule has 20 heavy (non-hydrogen) atoms. The number of thiophene rings is 2. The Morgan fingerprint density at radius 2 is 1.05 bits per heavy atom. The van der Waals surface area contributed by atoms with Gasteiger partial charge in [-0.1, -0.05) is 48.6 Å². The lowest BCUT2D eigenvalue weighted by molar-refractivity contribution is 1.62. The lowest BCUT2D eigenvalue weighted by Gasteiger charge is -1.99. The summed E-state index contributed by atoms with van der Waals surface area (Å²) in [4.78, 5) is 2.56. The Kier molecular flexibility index (Phi) is 4.26. The van der Waals surface area contributed by atoms with Crippen molar-refractivity contribution in [1.29, 1.82) is 0 Å². The summed E-state index contributed by atoms with van der Waals surface area (Å²) in [6.07, 6.45) is 8.70. The number of benzene rings is 1. The van der Waals surface area contributed by atoms with Crippen LogP contribution in [0.2, 0.25) is 0 Å². The third-order valence-corrected chi connectivity index (χ3v) is 4.61. The molecule has 0 aliphatic rings. The van der Waals surface area contributed by atoms with Crippen LogP contribution in [0.5, 0.6) is 0 Å². The maximum atomic E-state index is 2.18. The largest absolute Gasteiger partial charge is 0.144 e. The molecule has 0 aliphatic carbocycles. The van der Waals surface area contributed by atoms with Crippen molar-refractivity contribution in [2.45, 2.75) is 0 Å². The average molecular weight is 294 g/mol. The predicted octanol–water partition coefficient (Wildman–Crippen LogP) is 6.15. The van der Waals surface area contributed by atoms with Crippen molar-refractivity contribution in [2.75, 3.05) is 0 Å². The Labute approximate surface area is 127 Å². The highest BCUT2D eigenvalue weighted by molar-refractivity contribution is 7.11. The maximum absolute atomic E-state index is 2.18. The van der Waals surface area contributed by atoms with Gasteiger partial charge in [-0.3, -0.25) is 0 Å². The summed E-state index contributed by atoms with van der Waals surface area (Å²) in [5.74, 6) is 0. The van der Waals surface area contributed by atoms with E-state index in [1.54, 1.807) is 22.7 Å². The molecule has 0 radical (unpaired) electrons. The highest BCUT2D eigenvalue weighted by atomic mass is 32.1. The number of hydrogen-bond acceptors (Lipinski definition) is 2. The first kappa shape index (κ1) is 13.1. The van der Waals surface area contributed by atoms with Crippen LogP contribution in [0, 0.1) is 0 Å². The topological polar surface area (TPSA) is 0 Å². The van der Waals surface area contributed by atoms with Crippen LogP contribution in [0.15, 0.2) is 59.3 Å². The smallest absolute Gasteiger partial charge is 0.0270 e. The molecule has 0 fully saturated rings. The molecule has 3 rings (SSSR count). The van der Waals surface area contributed by atoms with E-state index in [0.717, 1.165) is 0 Å². The minimum absolute atomic E-state index is 1.24. The van der Waals surface area contributed by atoms with Crippen LogP contribution >= 0.6 is 22.7 Å². The fraction of sp³-hybridized carbons (Fsp3) is 0. The van der Waals surface area contributed by atoms with Gasteiger partial charge in [0.2, 0.25) is 0 Å². The number of rotatable bonds is 4. The first-order valence-electron chi connectivity index (χ1n) is 6.44. The van der Waals surface area contributed by atoms with Gasteiger partial charge in [0.25, 0.3) is 0 Å². The van der Waals surface area contributed by atoms with Gasteiger partial charge in [-0.2, -0.15) is 0 Å². The number of hydrogen-bond donors (Lipinski definition) is 0. The van der Waals surface area contributed by atoms with E-state index < -0.39 is 0 Å². The van der Waals surface area contributed by atoms with Crippen molar-refractivity contribution < 1.29 is 0 Å². The average Bonchev–Trinajstić information content (AvgIpc) is 3.17. The molecule has 0 saturated heterocycles. The molecular weight excluding hydrogens is 280 g/mol. The van der Waals surface area contributed by atoms with Crippen molar-refractivity contribution in [1.82, 2.24) is 0 Å². The Hall–Kier alpha value is -1.90. The van der Waals surface area contributed by atoms with E-state index in [1.165, 1.54) is 20.9 Å². The molecule has 0 atom stereocenters. The fourth-order valence-electron chi connectivity index (χ4n) is 1.93. The van der Waals surface area contributed by atoms with Crippen LogP contribution in [-0.2, 0) is 0 Å². The summed E-state index contributed by atoms with van der Waals surface area (Å²) in [6, 6.07) is 16.9. The zero-order valence-electron chi connectivity index (χ0n) is 10.9. The molecule has 2 heteroatoms. The van der Waals surface area contributed by atoms with Gasteiger partial charge in [-0.25, -0.2) is 0 Å². The fourth-order valence-corrected chi connectivity index (χ4v) is 3.17. The standard InChI is InChI=1S/C18H14S2/c1-2-6-16(10-12-18-8-4-14-20-18)15(5-1)9-11-17-7-3-13-19-17/h1-14H/b11-9-,12-10+. The van der Waals surface area contributed by atoms with Gasteiger partial charge in [0.1, 0.15) is 0 Å². The van der Waals surface area contributed by atoms with E-state index >= 15 is 0 Å².